The minimum absolute atomic E-state index is 0.349. The van der Waals surface area contributed by atoms with Crippen molar-refractivity contribution >= 4 is 5.69 Å². The van der Waals surface area contributed by atoms with Gasteiger partial charge in [-0.3, -0.25) is 0 Å². The zero-order valence-corrected chi connectivity index (χ0v) is 15.4. The topological polar surface area (TPSA) is 37.0 Å². The number of fused-ring (bicyclic) bond motifs is 1. The zero-order chi connectivity index (χ0) is 17.1. The average molecular weight is 345 g/mol. The summed E-state index contributed by atoms with van der Waals surface area (Å²) in [6.45, 7) is 9.90. The van der Waals surface area contributed by atoms with Crippen molar-refractivity contribution < 1.29 is 9.47 Å². The van der Waals surface area contributed by atoms with E-state index in [0.29, 0.717) is 12.8 Å². The second-order valence-electron chi connectivity index (χ2n) is 7.66. The van der Waals surface area contributed by atoms with E-state index in [9.17, 15) is 0 Å². The number of benzene rings is 1. The summed E-state index contributed by atoms with van der Waals surface area (Å²) in [5.74, 6) is 2.60. The summed E-state index contributed by atoms with van der Waals surface area (Å²) in [5.41, 5.74) is 1.26. The van der Waals surface area contributed by atoms with E-state index in [1.165, 1.54) is 57.5 Å². The number of piperidine rings is 1. The van der Waals surface area contributed by atoms with Gasteiger partial charge in [-0.2, -0.15) is 0 Å². The first-order valence-corrected chi connectivity index (χ1v) is 9.92. The monoisotopic (exact) mass is 345 g/mol. The fourth-order valence-corrected chi connectivity index (χ4v) is 4.36. The van der Waals surface area contributed by atoms with Crippen molar-refractivity contribution in [2.45, 2.75) is 38.6 Å². The van der Waals surface area contributed by atoms with Gasteiger partial charge in [0.25, 0.3) is 0 Å². The third-order valence-corrected chi connectivity index (χ3v) is 5.82. The molecule has 0 radical (unpaired) electrons. The van der Waals surface area contributed by atoms with E-state index in [0.717, 1.165) is 30.5 Å². The Bertz CT molecular complexity index is 572. The quantitative estimate of drug-likeness (QED) is 0.858. The van der Waals surface area contributed by atoms with Crippen molar-refractivity contribution in [3.8, 4) is 11.5 Å². The molecule has 1 aromatic rings. The van der Waals surface area contributed by atoms with E-state index in [2.05, 4.69) is 34.2 Å². The molecule has 3 heterocycles. The van der Waals surface area contributed by atoms with Crippen molar-refractivity contribution in [1.82, 2.24) is 10.2 Å². The average Bonchev–Trinajstić information content (AvgIpc) is 3.29. The molecule has 1 atom stereocenters. The first-order chi connectivity index (χ1) is 12.3. The molecule has 3 aliphatic rings. The van der Waals surface area contributed by atoms with Crippen LogP contribution in [0.2, 0.25) is 0 Å². The maximum absolute atomic E-state index is 5.51. The number of nitrogens with one attached hydrogen (secondary N) is 1. The Labute approximate surface area is 151 Å². The predicted octanol–water partition coefficient (Wildman–Crippen LogP) is 2.71. The lowest BCUT2D eigenvalue weighted by Gasteiger charge is -2.34. The number of ether oxygens (including phenoxy) is 2. The Balaban J connectivity index is 1.21. The van der Waals surface area contributed by atoms with Gasteiger partial charge in [0, 0.05) is 37.4 Å². The molecule has 25 heavy (non-hydrogen) atoms. The van der Waals surface area contributed by atoms with Crippen LogP contribution in [0.5, 0.6) is 11.5 Å². The number of likely N-dealkylation sites (tertiary alicyclic amines) is 1. The molecule has 0 aromatic heterocycles. The van der Waals surface area contributed by atoms with Crippen molar-refractivity contribution in [3.05, 3.63) is 18.2 Å². The van der Waals surface area contributed by atoms with Crippen LogP contribution in [0.1, 0.15) is 32.6 Å². The molecule has 3 aliphatic heterocycles. The highest BCUT2D eigenvalue weighted by Gasteiger charge is 2.25. The predicted molar refractivity (Wildman–Crippen MR) is 101 cm³/mol. The molecule has 5 nitrogen and oxygen atoms in total. The van der Waals surface area contributed by atoms with Crippen molar-refractivity contribution in [2.24, 2.45) is 5.92 Å². The maximum atomic E-state index is 5.51. The van der Waals surface area contributed by atoms with Crippen LogP contribution in [0.25, 0.3) is 0 Å². The lowest BCUT2D eigenvalue weighted by Crippen LogP contribution is -2.44. The van der Waals surface area contributed by atoms with E-state index in [-0.39, 0.29) is 0 Å². The highest BCUT2D eigenvalue weighted by Crippen LogP contribution is 2.36. The SMILES string of the molecule is CCCN1CC[C@H](CNC2CCN(c3ccc4c(c3)OCO4)CC2)C1. The molecule has 2 saturated heterocycles. The Morgan fingerprint density at radius 1 is 1.08 bits per heavy atom. The Kier molecular flexibility index (Phi) is 5.32. The van der Waals surface area contributed by atoms with Gasteiger partial charge in [-0.05, 0) is 63.4 Å². The summed E-state index contributed by atoms with van der Waals surface area (Å²) in [7, 11) is 0. The van der Waals surface area contributed by atoms with Gasteiger partial charge in [-0.1, -0.05) is 6.92 Å². The van der Waals surface area contributed by atoms with Gasteiger partial charge < -0.3 is 24.6 Å². The Hall–Kier alpha value is -1.46. The largest absolute Gasteiger partial charge is 0.454 e. The summed E-state index contributed by atoms with van der Waals surface area (Å²) in [4.78, 5) is 5.09. The minimum atomic E-state index is 0.349. The molecule has 1 N–H and O–H groups in total. The Morgan fingerprint density at radius 2 is 1.92 bits per heavy atom. The van der Waals surface area contributed by atoms with Gasteiger partial charge in [0.2, 0.25) is 6.79 Å². The summed E-state index contributed by atoms with van der Waals surface area (Å²) in [6.07, 6.45) is 5.08. The van der Waals surface area contributed by atoms with Gasteiger partial charge >= 0.3 is 0 Å². The number of rotatable bonds is 6. The highest BCUT2D eigenvalue weighted by molar-refractivity contribution is 5.57. The van der Waals surface area contributed by atoms with E-state index < -0.39 is 0 Å². The van der Waals surface area contributed by atoms with Crippen LogP contribution < -0.4 is 19.7 Å². The molecule has 5 heteroatoms. The first kappa shape index (κ1) is 17.0. The van der Waals surface area contributed by atoms with Crippen molar-refractivity contribution in [1.29, 1.82) is 0 Å². The van der Waals surface area contributed by atoms with Crippen molar-refractivity contribution in [3.63, 3.8) is 0 Å². The fourth-order valence-electron chi connectivity index (χ4n) is 4.36. The lowest BCUT2D eigenvalue weighted by molar-refractivity contribution is 0.174. The molecule has 2 fully saturated rings. The van der Waals surface area contributed by atoms with E-state index in [1.54, 1.807) is 0 Å². The molecule has 0 bridgehead atoms. The van der Waals surface area contributed by atoms with Crippen LogP contribution in [-0.4, -0.2) is 57.0 Å². The summed E-state index contributed by atoms with van der Waals surface area (Å²) < 4.78 is 10.9. The van der Waals surface area contributed by atoms with Crippen LogP contribution >= 0.6 is 0 Å². The van der Waals surface area contributed by atoms with Gasteiger partial charge in [-0.15, -0.1) is 0 Å². The fraction of sp³-hybridized carbons (Fsp3) is 0.700. The second kappa shape index (κ2) is 7.83. The molecule has 0 aliphatic carbocycles. The molecule has 0 spiro atoms. The lowest BCUT2D eigenvalue weighted by atomic mass is 10.0. The Morgan fingerprint density at radius 3 is 2.76 bits per heavy atom. The summed E-state index contributed by atoms with van der Waals surface area (Å²) in [6, 6.07) is 6.98. The van der Waals surface area contributed by atoms with E-state index >= 15 is 0 Å². The second-order valence-corrected chi connectivity index (χ2v) is 7.66. The van der Waals surface area contributed by atoms with Crippen LogP contribution in [0.15, 0.2) is 18.2 Å². The molecular weight excluding hydrogens is 314 g/mol. The van der Waals surface area contributed by atoms with Crippen LogP contribution in [0.4, 0.5) is 5.69 Å². The third-order valence-electron chi connectivity index (χ3n) is 5.82. The summed E-state index contributed by atoms with van der Waals surface area (Å²) >= 11 is 0. The molecular formula is C20H31N3O2. The molecule has 0 saturated carbocycles. The maximum Gasteiger partial charge on any atom is 0.231 e. The standard InChI is InChI=1S/C20H31N3O2/c1-2-8-22-9-5-16(14-22)13-21-17-6-10-23(11-7-17)18-3-4-19-20(12-18)25-15-24-19/h3-4,12,16-17,21H,2,5-11,13-15H2,1H3/t16-/m1/s1. The zero-order valence-electron chi connectivity index (χ0n) is 15.4. The molecule has 1 aromatic carbocycles. The van der Waals surface area contributed by atoms with Gasteiger partial charge in [-0.25, -0.2) is 0 Å². The molecule has 138 valence electrons. The van der Waals surface area contributed by atoms with Crippen LogP contribution in [0.3, 0.4) is 0 Å². The van der Waals surface area contributed by atoms with Gasteiger partial charge in [0.05, 0.1) is 0 Å². The van der Waals surface area contributed by atoms with Crippen LogP contribution in [0, 0.1) is 5.92 Å². The molecule has 0 amide bonds. The smallest absolute Gasteiger partial charge is 0.231 e. The molecule has 0 unspecified atom stereocenters. The normalized spacial score (nSPS) is 24.2. The number of hydrogen-bond acceptors (Lipinski definition) is 5. The van der Waals surface area contributed by atoms with E-state index in [1.807, 2.05) is 6.07 Å². The number of hydrogen-bond donors (Lipinski definition) is 1. The minimum Gasteiger partial charge on any atom is -0.454 e. The van der Waals surface area contributed by atoms with Gasteiger partial charge in [0.1, 0.15) is 0 Å². The number of anilines is 1. The van der Waals surface area contributed by atoms with E-state index in [4.69, 9.17) is 9.47 Å². The van der Waals surface area contributed by atoms with Crippen molar-refractivity contribution in [2.75, 3.05) is 51.0 Å². The molecule has 4 rings (SSSR count). The number of nitrogens with zero attached hydrogens (tertiary/aromatic N) is 2. The highest BCUT2D eigenvalue weighted by atomic mass is 16.7. The third kappa shape index (κ3) is 4.04. The first-order valence-electron chi connectivity index (χ1n) is 9.92. The van der Waals surface area contributed by atoms with Gasteiger partial charge in [0.15, 0.2) is 11.5 Å². The summed E-state index contributed by atoms with van der Waals surface area (Å²) in [5, 5.41) is 3.84. The van der Waals surface area contributed by atoms with Crippen LogP contribution in [-0.2, 0) is 0 Å².